The SMILES string of the molecule is O=C(c1ccccc1F)N1CCc2cc(S(=O)(=O)N3CCCCC3)ccc21. The van der Waals surface area contributed by atoms with Crippen LogP contribution in [0.2, 0.25) is 0 Å². The summed E-state index contributed by atoms with van der Waals surface area (Å²) in [5.74, 6) is -0.960. The number of carbonyl (C=O) groups excluding carboxylic acids is 1. The number of nitrogens with zero attached hydrogens (tertiary/aromatic N) is 2. The maximum Gasteiger partial charge on any atom is 0.261 e. The molecule has 1 fully saturated rings. The van der Waals surface area contributed by atoms with Crippen LogP contribution in [0.1, 0.15) is 35.2 Å². The van der Waals surface area contributed by atoms with Crippen LogP contribution in [0, 0.1) is 5.82 Å². The molecule has 27 heavy (non-hydrogen) atoms. The highest BCUT2D eigenvalue weighted by Crippen LogP contribution is 2.33. The van der Waals surface area contributed by atoms with Crippen LogP contribution in [-0.4, -0.2) is 38.3 Å². The van der Waals surface area contributed by atoms with Gasteiger partial charge in [-0.2, -0.15) is 4.31 Å². The van der Waals surface area contributed by atoms with E-state index in [2.05, 4.69) is 0 Å². The van der Waals surface area contributed by atoms with Gasteiger partial charge in [0.25, 0.3) is 5.91 Å². The lowest BCUT2D eigenvalue weighted by atomic mass is 10.1. The molecule has 0 spiro atoms. The Hall–Kier alpha value is -2.25. The Labute approximate surface area is 158 Å². The highest BCUT2D eigenvalue weighted by atomic mass is 32.2. The molecule has 0 aromatic heterocycles. The number of amides is 1. The van der Waals surface area contributed by atoms with Crippen LogP contribution in [-0.2, 0) is 16.4 Å². The second-order valence-corrected chi connectivity index (χ2v) is 8.88. The van der Waals surface area contributed by atoms with E-state index in [9.17, 15) is 17.6 Å². The molecule has 1 saturated heterocycles. The molecule has 1 amide bonds. The van der Waals surface area contributed by atoms with Crippen molar-refractivity contribution in [1.82, 2.24) is 4.31 Å². The van der Waals surface area contributed by atoms with Crippen LogP contribution < -0.4 is 4.90 Å². The molecular weight excluding hydrogens is 367 g/mol. The van der Waals surface area contributed by atoms with Crippen molar-refractivity contribution >= 4 is 21.6 Å². The van der Waals surface area contributed by atoms with Crippen LogP contribution in [0.4, 0.5) is 10.1 Å². The van der Waals surface area contributed by atoms with Gasteiger partial charge < -0.3 is 4.90 Å². The predicted molar refractivity (Wildman–Crippen MR) is 101 cm³/mol. The summed E-state index contributed by atoms with van der Waals surface area (Å²) in [5, 5.41) is 0. The van der Waals surface area contributed by atoms with E-state index in [1.165, 1.54) is 21.3 Å². The molecule has 7 heteroatoms. The number of sulfonamides is 1. The topological polar surface area (TPSA) is 57.7 Å². The number of carbonyl (C=O) groups is 1. The van der Waals surface area contributed by atoms with Gasteiger partial charge in [0.15, 0.2) is 0 Å². The van der Waals surface area contributed by atoms with Crippen molar-refractivity contribution in [2.45, 2.75) is 30.6 Å². The molecular formula is C20H21FN2O3S. The summed E-state index contributed by atoms with van der Waals surface area (Å²) in [6.45, 7) is 1.52. The van der Waals surface area contributed by atoms with Gasteiger partial charge in [-0.05, 0) is 55.2 Å². The van der Waals surface area contributed by atoms with Gasteiger partial charge in [-0.1, -0.05) is 18.6 Å². The molecule has 0 saturated carbocycles. The van der Waals surface area contributed by atoms with E-state index >= 15 is 0 Å². The fourth-order valence-electron chi connectivity index (χ4n) is 3.78. The minimum absolute atomic E-state index is 0.0235. The van der Waals surface area contributed by atoms with Crippen molar-refractivity contribution in [3.05, 3.63) is 59.4 Å². The lowest BCUT2D eigenvalue weighted by Gasteiger charge is -2.26. The molecule has 2 heterocycles. The standard InChI is InChI=1S/C20H21FN2O3S/c21-18-7-3-2-6-17(18)20(24)23-13-10-15-14-16(8-9-19(15)23)27(25,26)22-11-4-1-5-12-22/h2-3,6-9,14H,1,4-5,10-13H2. The van der Waals surface area contributed by atoms with E-state index in [-0.39, 0.29) is 10.5 Å². The summed E-state index contributed by atoms with van der Waals surface area (Å²) in [6, 6.07) is 10.8. The Balaban J connectivity index is 1.63. The van der Waals surface area contributed by atoms with Crippen molar-refractivity contribution in [1.29, 1.82) is 0 Å². The molecule has 2 aromatic rings. The minimum atomic E-state index is -3.51. The molecule has 2 aromatic carbocycles. The summed E-state index contributed by atoms with van der Waals surface area (Å²) in [7, 11) is -3.51. The van der Waals surface area contributed by atoms with Crippen LogP contribution in [0.15, 0.2) is 47.4 Å². The van der Waals surface area contributed by atoms with Gasteiger partial charge in [0, 0.05) is 25.3 Å². The lowest BCUT2D eigenvalue weighted by Crippen LogP contribution is -2.35. The van der Waals surface area contributed by atoms with Gasteiger partial charge in [0.2, 0.25) is 10.0 Å². The summed E-state index contributed by atoms with van der Waals surface area (Å²) in [4.78, 5) is 14.5. The Morgan fingerprint density at radius 3 is 2.44 bits per heavy atom. The zero-order valence-electron chi connectivity index (χ0n) is 14.9. The van der Waals surface area contributed by atoms with Crippen molar-refractivity contribution in [3.63, 3.8) is 0 Å². The summed E-state index contributed by atoms with van der Waals surface area (Å²) >= 11 is 0. The van der Waals surface area contributed by atoms with Crippen LogP contribution in [0.5, 0.6) is 0 Å². The van der Waals surface area contributed by atoms with E-state index < -0.39 is 21.7 Å². The monoisotopic (exact) mass is 388 g/mol. The van der Waals surface area contributed by atoms with Crippen LogP contribution >= 0.6 is 0 Å². The predicted octanol–water partition coefficient (Wildman–Crippen LogP) is 3.20. The van der Waals surface area contributed by atoms with Crippen LogP contribution in [0.25, 0.3) is 0 Å². The van der Waals surface area contributed by atoms with E-state index in [4.69, 9.17) is 0 Å². The Morgan fingerprint density at radius 1 is 0.963 bits per heavy atom. The first-order valence-electron chi connectivity index (χ1n) is 9.18. The molecule has 2 aliphatic rings. The molecule has 0 N–H and O–H groups in total. The normalized spacial score (nSPS) is 17.7. The average Bonchev–Trinajstić information content (AvgIpc) is 3.12. The van der Waals surface area contributed by atoms with E-state index in [1.807, 2.05) is 0 Å². The highest BCUT2D eigenvalue weighted by Gasteiger charge is 2.31. The largest absolute Gasteiger partial charge is 0.308 e. The molecule has 5 nitrogen and oxygen atoms in total. The molecule has 4 rings (SSSR count). The fraction of sp³-hybridized carbons (Fsp3) is 0.350. The molecule has 0 atom stereocenters. The quantitative estimate of drug-likeness (QED) is 0.811. The molecule has 142 valence electrons. The number of hydrogen-bond acceptors (Lipinski definition) is 3. The molecule has 2 aliphatic heterocycles. The maximum absolute atomic E-state index is 14.0. The molecule has 0 radical (unpaired) electrons. The first kappa shape index (κ1) is 18.1. The van der Waals surface area contributed by atoms with Gasteiger partial charge in [-0.3, -0.25) is 4.79 Å². The number of halogens is 1. The zero-order chi connectivity index (χ0) is 19.0. The minimum Gasteiger partial charge on any atom is -0.308 e. The highest BCUT2D eigenvalue weighted by molar-refractivity contribution is 7.89. The van der Waals surface area contributed by atoms with E-state index in [1.54, 1.807) is 30.3 Å². The first-order valence-corrected chi connectivity index (χ1v) is 10.6. The maximum atomic E-state index is 14.0. The second-order valence-electron chi connectivity index (χ2n) is 6.94. The zero-order valence-corrected chi connectivity index (χ0v) is 15.7. The number of rotatable bonds is 3. The molecule has 0 bridgehead atoms. The van der Waals surface area contributed by atoms with Gasteiger partial charge >= 0.3 is 0 Å². The Morgan fingerprint density at radius 2 is 1.70 bits per heavy atom. The van der Waals surface area contributed by atoms with Crippen molar-refractivity contribution < 1.29 is 17.6 Å². The Kier molecular flexibility index (Phi) is 4.74. The average molecular weight is 388 g/mol. The number of fused-ring (bicyclic) bond motifs is 1. The third-order valence-electron chi connectivity index (χ3n) is 5.25. The van der Waals surface area contributed by atoms with E-state index in [0.29, 0.717) is 31.7 Å². The lowest BCUT2D eigenvalue weighted by molar-refractivity contribution is 0.0985. The summed E-state index contributed by atoms with van der Waals surface area (Å²) in [5.41, 5.74) is 1.48. The van der Waals surface area contributed by atoms with E-state index in [0.717, 1.165) is 24.8 Å². The van der Waals surface area contributed by atoms with Gasteiger partial charge in [0.05, 0.1) is 10.5 Å². The van der Waals surface area contributed by atoms with Crippen molar-refractivity contribution in [2.75, 3.05) is 24.5 Å². The number of piperidine rings is 1. The van der Waals surface area contributed by atoms with Crippen molar-refractivity contribution in [3.8, 4) is 0 Å². The number of anilines is 1. The third-order valence-corrected chi connectivity index (χ3v) is 7.14. The van der Waals surface area contributed by atoms with Crippen molar-refractivity contribution in [2.24, 2.45) is 0 Å². The third kappa shape index (κ3) is 3.26. The second kappa shape index (κ2) is 7.05. The number of benzene rings is 2. The smallest absolute Gasteiger partial charge is 0.261 e. The Bertz CT molecular complexity index is 984. The van der Waals surface area contributed by atoms with Crippen LogP contribution in [0.3, 0.4) is 0 Å². The summed E-state index contributed by atoms with van der Waals surface area (Å²) in [6.07, 6.45) is 3.38. The van der Waals surface area contributed by atoms with Gasteiger partial charge in [-0.15, -0.1) is 0 Å². The van der Waals surface area contributed by atoms with Gasteiger partial charge in [0.1, 0.15) is 5.82 Å². The first-order chi connectivity index (χ1) is 13.0. The number of hydrogen-bond donors (Lipinski definition) is 0. The molecule has 0 aliphatic carbocycles. The van der Waals surface area contributed by atoms with Gasteiger partial charge in [-0.25, -0.2) is 12.8 Å². The molecule has 0 unspecified atom stereocenters. The summed E-state index contributed by atoms with van der Waals surface area (Å²) < 4.78 is 41.2. The fourth-order valence-corrected chi connectivity index (χ4v) is 5.35.